The van der Waals surface area contributed by atoms with Gasteiger partial charge in [-0.25, -0.2) is 0 Å². The van der Waals surface area contributed by atoms with Gasteiger partial charge in [-0.1, -0.05) is 6.92 Å². The van der Waals surface area contributed by atoms with Gasteiger partial charge in [-0.15, -0.1) is 0 Å². The van der Waals surface area contributed by atoms with Crippen LogP contribution in [0.4, 0.5) is 0 Å². The highest BCUT2D eigenvalue weighted by molar-refractivity contribution is 5.16. The lowest BCUT2D eigenvalue weighted by Crippen LogP contribution is -2.19. The molecule has 2 rings (SSSR count). The number of nitrogens with zero attached hydrogens (tertiary/aromatic N) is 2. The summed E-state index contributed by atoms with van der Waals surface area (Å²) in [6.07, 6.45) is 3.19. The maximum Gasteiger partial charge on any atom is 0.0542 e. The molecule has 0 spiro atoms. The van der Waals surface area contributed by atoms with Crippen LogP contribution in [-0.2, 0) is 13.1 Å². The molecule has 1 aromatic heterocycles. The molecule has 0 aliphatic carbocycles. The summed E-state index contributed by atoms with van der Waals surface area (Å²) in [5.74, 6) is 0.848. The molecule has 0 radical (unpaired) electrons. The Morgan fingerprint density at radius 2 is 2.47 bits per heavy atom. The highest BCUT2D eigenvalue weighted by Gasteiger charge is 2.18. The molecule has 0 amide bonds. The Balaban J connectivity index is 1.98. The molecule has 0 bridgehead atoms. The molecular formula is C12H19N3. The SMILES string of the molecule is CC1CCN(Cc2ccnc(CN)c2)C1. The molecule has 1 unspecified atom stereocenters. The van der Waals surface area contributed by atoms with E-state index < -0.39 is 0 Å². The van der Waals surface area contributed by atoms with Crippen molar-refractivity contribution in [3.8, 4) is 0 Å². The number of pyridine rings is 1. The van der Waals surface area contributed by atoms with E-state index in [2.05, 4.69) is 28.9 Å². The van der Waals surface area contributed by atoms with E-state index in [1.54, 1.807) is 0 Å². The summed E-state index contributed by atoms with van der Waals surface area (Å²) in [6.45, 7) is 6.34. The largest absolute Gasteiger partial charge is 0.325 e. The van der Waals surface area contributed by atoms with Gasteiger partial charge in [0.05, 0.1) is 5.69 Å². The summed E-state index contributed by atoms with van der Waals surface area (Å²) in [5.41, 5.74) is 7.89. The van der Waals surface area contributed by atoms with Gasteiger partial charge in [-0.3, -0.25) is 9.88 Å². The Morgan fingerprint density at radius 3 is 3.13 bits per heavy atom. The average Bonchev–Trinajstić information content (AvgIpc) is 2.64. The van der Waals surface area contributed by atoms with Crippen LogP contribution in [0.3, 0.4) is 0 Å². The third-order valence-corrected chi connectivity index (χ3v) is 3.00. The summed E-state index contributed by atoms with van der Waals surface area (Å²) in [4.78, 5) is 6.70. The normalized spacial score (nSPS) is 22.1. The predicted octanol–water partition coefficient (Wildman–Crippen LogP) is 1.38. The van der Waals surface area contributed by atoms with Crippen molar-refractivity contribution >= 4 is 0 Å². The molecule has 0 aromatic carbocycles. The second-order valence-corrected chi connectivity index (χ2v) is 4.49. The fraction of sp³-hybridized carbons (Fsp3) is 0.583. The van der Waals surface area contributed by atoms with E-state index in [0.29, 0.717) is 6.54 Å². The number of nitrogens with two attached hydrogens (primary N) is 1. The maximum absolute atomic E-state index is 5.57. The molecule has 1 saturated heterocycles. The first kappa shape index (κ1) is 10.6. The third-order valence-electron chi connectivity index (χ3n) is 3.00. The van der Waals surface area contributed by atoms with E-state index in [-0.39, 0.29) is 0 Å². The van der Waals surface area contributed by atoms with Crippen LogP contribution in [0, 0.1) is 5.92 Å². The molecule has 1 atom stereocenters. The molecular weight excluding hydrogens is 186 g/mol. The van der Waals surface area contributed by atoms with Crippen LogP contribution >= 0.6 is 0 Å². The van der Waals surface area contributed by atoms with Gasteiger partial charge in [0, 0.05) is 25.8 Å². The van der Waals surface area contributed by atoms with Crippen molar-refractivity contribution in [2.45, 2.75) is 26.4 Å². The highest BCUT2D eigenvalue weighted by atomic mass is 15.1. The monoisotopic (exact) mass is 205 g/mol. The van der Waals surface area contributed by atoms with Crippen molar-refractivity contribution in [2.75, 3.05) is 13.1 Å². The average molecular weight is 205 g/mol. The van der Waals surface area contributed by atoms with E-state index in [1.165, 1.54) is 25.1 Å². The Hall–Kier alpha value is -0.930. The van der Waals surface area contributed by atoms with Gasteiger partial charge in [0.25, 0.3) is 0 Å². The molecule has 2 N–H and O–H groups in total. The fourth-order valence-corrected chi connectivity index (χ4v) is 2.17. The van der Waals surface area contributed by atoms with Crippen molar-refractivity contribution in [1.82, 2.24) is 9.88 Å². The summed E-state index contributed by atoms with van der Waals surface area (Å²) < 4.78 is 0. The van der Waals surface area contributed by atoms with E-state index in [1.807, 2.05) is 6.20 Å². The topological polar surface area (TPSA) is 42.2 Å². The molecule has 0 saturated carbocycles. The first-order valence-electron chi connectivity index (χ1n) is 5.64. The molecule has 1 aliphatic rings. The lowest BCUT2D eigenvalue weighted by molar-refractivity contribution is 0.320. The zero-order valence-electron chi connectivity index (χ0n) is 9.32. The minimum atomic E-state index is 0.532. The lowest BCUT2D eigenvalue weighted by Gasteiger charge is -2.15. The van der Waals surface area contributed by atoms with Crippen LogP contribution in [0.2, 0.25) is 0 Å². The molecule has 82 valence electrons. The quantitative estimate of drug-likeness (QED) is 0.810. The van der Waals surface area contributed by atoms with Crippen molar-refractivity contribution in [2.24, 2.45) is 11.7 Å². The van der Waals surface area contributed by atoms with E-state index in [0.717, 1.165) is 18.2 Å². The molecule has 3 nitrogen and oxygen atoms in total. The Labute approximate surface area is 91.3 Å². The minimum absolute atomic E-state index is 0.532. The van der Waals surface area contributed by atoms with Crippen molar-refractivity contribution in [3.63, 3.8) is 0 Å². The fourth-order valence-electron chi connectivity index (χ4n) is 2.17. The van der Waals surface area contributed by atoms with Crippen molar-refractivity contribution in [3.05, 3.63) is 29.6 Å². The number of hydrogen-bond acceptors (Lipinski definition) is 3. The highest BCUT2D eigenvalue weighted by Crippen LogP contribution is 2.17. The molecule has 1 aliphatic heterocycles. The van der Waals surface area contributed by atoms with Gasteiger partial charge >= 0.3 is 0 Å². The van der Waals surface area contributed by atoms with Crippen LogP contribution in [0.5, 0.6) is 0 Å². The lowest BCUT2D eigenvalue weighted by atomic mass is 10.2. The van der Waals surface area contributed by atoms with Gasteiger partial charge < -0.3 is 5.73 Å². The summed E-state index contributed by atoms with van der Waals surface area (Å²) in [6, 6.07) is 4.20. The molecule has 1 fully saturated rings. The van der Waals surface area contributed by atoms with Crippen molar-refractivity contribution < 1.29 is 0 Å². The second kappa shape index (κ2) is 4.73. The zero-order valence-corrected chi connectivity index (χ0v) is 9.32. The first-order chi connectivity index (χ1) is 7.28. The van der Waals surface area contributed by atoms with E-state index in [9.17, 15) is 0 Å². The van der Waals surface area contributed by atoms with Gasteiger partial charge in [0.1, 0.15) is 0 Å². The Bertz CT molecular complexity index is 324. The predicted molar refractivity (Wildman–Crippen MR) is 61.2 cm³/mol. The molecule has 2 heterocycles. The maximum atomic E-state index is 5.57. The third kappa shape index (κ3) is 2.76. The number of likely N-dealkylation sites (tertiary alicyclic amines) is 1. The van der Waals surface area contributed by atoms with Crippen LogP contribution in [-0.4, -0.2) is 23.0 Å². The standard InChI is InChI=1S/C12H19N3/c1-10-3-5-15(8-10)9-11-2-4-14-12(6-11)7-13/h2,4,6,10H,3,5,7-9,13H2,1H3. The number of aromatic nitrogens is 1. The summed E-state index contributed by atoms with van der Waals surface area (Å²) >= 11 is 0. The van der Waals surface area contributed by atoms with Gasteiger partial charge in [0.15, 0.2) is 0 Å². The van der Waals surface area contributed by atoms with Gasteiger partial charge in [-0.05, 0) is 36.6 Å². The van der Waals surface area contributed by atoms with Crippen LogP contribution in [0.25, 0.3) is 0 Å². The zero-order chi connectivity index (χ0) is 10.7. The minimum Gasteiger partial charge on any atom is -0.325 e. The smallest absolute Gasteiger partial charge is 0.0542 e. The second-order valence-electron chi connectivity index (χ2n) is 4.49. The Kier molecular flexibility index (Phi) is 3.34. The molecule has 1 aromatic rings. The first-order valence-corrected chi connectivity index (χ1v) is 5.64. The van der Waals surface area contributed by atoms with Crippen molar-refractivity contribution in [1.29, 1.82) is 0 Å². The van der Waals surface area contributed by atoms with E-state index in [4.69, 9.17) is 5.73 Å². The van der Waals surface area contributed by atoms with E-state index >= 15 is 0 Å². The summed E-state index contributed by atoms with van der Waals surface area (Å²) in [7, 11) is 0. The van der Waals surface area contributed by atoms with Crippen LogP contribution < -0.4 is 5.73 Å². The molecule has 15 heavy (non-hydrogen) atoms. The number of hydrogen-bond donors (Lipinski definition) is 1. The van der Waals surface area contributed by atoms with Gasteiger partial charge in [-0.2, -0.15) is 0 Å². The van der Waals surface area contributed by atoms with Crippen LogP contribution in [0.1, 0.15) is 24.6 Å². The molecule has 3 heteroatoms. The Morgan fingerprint density at radius 1 is 1.60 bits per heavy atom. The van der Waals surface area contributed by atoms with Crippen LogP contribution in [0.15, 0.2) is 18.3 Å². The van der Waals surface area contributed by atoms with Gasteiger partial charge in [0.2, 0.25) is 0 Å². The number of rotatable bonds is 3. The summed E-state index contributed by atoms with van der Waals surface area (Å²) in [5, 5.41) is 0.